The van der Waals surface area contributed by atoms with Gasteiger partial charge in [0.2, 0.25) is 5.78 Å². The molecule has 0 spiro atoms. The van der Waals surface area contributed by atoms with Gasteiger partial charge in [0.05, 0.1) is 0 Å². The number of ether oxygens (including phenoxy) is 1. The molecular formula is C19H36N4O4. The second-order valence-corrected chi connectivity index (χ2v) is 6.77. The topological polar surface area (TPSA) is 151 Å². The van der Waals surface area contributed by atoms with Crippen LogP contribution >= 0.6 is 0 Å². The molecule has 0 aromatic rings. The highest BCUT2D eigenvalue weighted by Gasteiger charge is 2.23. The summed E-state index contributed by atoms with van der Waals surface area (Å²) < 4.78 is 4.55. The van der Waals surface area contributed by atoms with Gasteiger partial charge >= 0.3 is 11.9 Å². The third-order valence-corrected chi connectivity index (χ3v) is 4.20. The number of carbonyl (C=O) groups excluding carboxylic acids is 3. The number of unbranched alkanes of at least 4 members (excludes halogenated alkanes) is 8. The molecule has 8 heteroatoms. The minimum Gasteiger partial charge on any atom is -0.386 e. The molecule has 0 rings (SSSR count). The van der Waals surface area contributed by atoms with Gasteiger partial charge in [0.25, 0.3) is 0 Å². The molecule has 0 amide bonds. The van der Waals surface area contributed by atoms with E-state index in [-0.39, 0.29) is 18.8 Å². The molecule has 156 valence electrons. The van der Waals surface area contributed by atoms with Crippen LogP contribution in [-0.4, -0.2) is 36.3 Å². The van der Waals surface area contributed by atoms with Crippen LogP contribution in [0.25, 0.3) is 0 Å². The normalized spacial score (nSPS) is 11.6. The van der Waals surface area contributed by atoms with Crippen molar-refractivity contribution in [2.45, 2.75) is 90.0 Å². The molecule has 0 saturated heterocycles. The van der Waals surface area contributed by atoms with Gasteiger partial charge in [-0.15, -0.1) is 0 Å². The third kappa shape index (κ3) is 14.9. The predicted molar refractivity (Wildman–Crippen MR) is 106 cm³/mol. The summed E-state index contributed by atoms with van der Waals surface area (Å²) in [5.74, 6) is -2.74. The van der Waals surface area contributed by atoms with Gasteiger partial charge in [0.1, 0.15) is 6.04 Å². The van der Waals surface area contributed by atoms with Crippen LogP contribution in [0.2, 0.25) is 0 Å². The Hall–Kier alpha value is -1.96. The zero-order chi connectivity index (χ0) is 20.5. The number of nitrogens with two attached hydrogens (primary N) is 3. The van der Waals surface area contributed by atoms with Gasteiger partial charge in [0.15, 0.2) is 5.96 Å². The quantitative estimate of drug-likeness (QED) is 0.0918. The van der Waals surface area contributed by atoms with Crippen molar-refractivity contribution in [3.63, 3.8) is 0 Å². The maximum Gasteiger partial charge on any atom is 0.382 e. The lowest BCUT2D eigenvalue weighted by Crippen LogP contribution is -2.35. The van der Waals surface area contributed by atoms with Gasteiger partial charge in [-0.05, 0) is 19.3 Å². The number of guanidine groups is 1. The Morgan fingerprint density at radius 3 is 2.00 bits per heavy atom. The average Bonchev–Trinajstić information content (AvgIpc) is 2.63. The van der Waals surface area contributed by atoms with Crippen molar-refractivity contribution < 1.29 is 19.1 Å². The first-order valence-electron chi connectivity index (χ1n) is 9.98. The number of hydrogen-bond donors (Lipinski definition) is 3. The van der Waals surface area contributed by atoms with Crippen LogP contribution < -0.4 is 17.2 Å². The summed E-state index contributed by atoms with van der Waals surface area (Å²) in [5, 5.41) is 0. The van der Waals surface area contributed by atoms with E-state index < -0.39 is 23.8 Å². The monoisotopic (exact) mass is 384 g/mol. The highest BCUT2D eigenvalue weighted by atomic mass is 16.6. The maximum atomic E-state index is 11.7. The fourth-order valence-corrected chi connectivity index (χ4v) is 2.56. The molecule has 6 N–H and O–H groups in total. The van der Waals surface area contributed by atoms with E-state index in [2.05, 4.69) is 16.7 Å². The first-order chi connectivity index (χ1) is 12.9. The van der Waals surface area contributed by atoms with Crippen molar-refractivity contribution in [3.8, 4) is 0 Å². The molecule has 0 heterocycles. The van der Waals surface area contributed by atoms with Gasteiger partial charge in [-0.2, -0.15) is 0 Å². The number of ketones is 1. The summed E-state index contributed by atoms with van der Waals surface area (Å²) >= 11 is 0. The number of rotatable bonds is 16. The van der Waals surface area contributed by atoms with Crippen molar-refractivity contribution in [3.05, 3.63) is 0 Å². The van der Waals surface area contributed by atoms with Crippen molar-refractivity contribution in [1.82, 2.24) is 0 Å². The first kappa shape index (κ1) is 25.0. The van der Waals surface area contributed by atoms with Crippen LogP contribution in [-0.2, 0) is 19.1 Å². The summed E-state index contributed by atoms with van der Waals surface area (Å²) in [5.41, 5.74) is 16.0. The molecule has 0 fully saturated rings. The predicted octanol–water partition coefficient (Wildman–Crippen LogP) is 1.93. The van der Waals surface area contributed by atoms with E-state index in [9.17, 15) is 14.4 Å². The molecular weight excluding hydrogens is 348 g/mol. The Labute approximate surface area is 162 Å². The smallest absolute Gasteiger partial charge is 0.382 e. The minimum atomic E-state index is -1.13. The van der Waals surface area contributed by atoms with Crippen LogP contribution in [0, 0.1) is 0 Å². The van der Waals surface area contributed by atoms with E-state index in [0.29, 0.717) is 19.4 Å². The fraction of sp³-hybridized carbons (Fsp3) is 0.789. The zero-order valence-corrected chi connectivity index (χ0v) is 16.6. The molecule has 0 aromatic heterocycles. The number of nitrogens with zero attached hydrogens (tertiary/aromatic N) is 1. The molecule has 27 heavy (non-hydrogen) atoms. The highest BCUT2D eigenvalue weighted by molar-refractivity contribution is 6.35. The Bertz CT molecular complexity index is 476. The SMILES string of the molecule is CCCCCCCCCCCC(=O)C(=O)OC(=O)[C@@H](N)CCCN=C(N)N. The number of aliphatic imine (C=N–C) groups is 1. The van der Waals surface area contributed by atoms with Crippen molar-refractivity contribution in [2.75, 3.05) is 6.54 Å². The molecule has 0 aliphatic carbocycles. The van der Waals surface area contributed by atoms with Crippen molar-refractivity contribution in [2.24, 2.45) is 22.2 Å². The van der Waals surface area contributed by atoms with Gasteiger partial charge in [-0.1, -0.05) is 58.3 Å². The molecule has 0 bridgehead atoms. The van der Waals surface area contributed by atoms with E-state index in [0.717, 1.165) is 19.3 Å². The molecule has 0 unspecified atom stereocenters. The highest BCUT2D eigenvalue weighted by Crippen LogP contribution is 2.11. The van der Waals surface area contributed by atoms with Crippen LogP contribution in [0.3, 0.4) is 0 Å². The van der Waals surface area contributed by atoms with Crippen LogP contribution in [0.1, 0.15) is 84.0 Å². The number of hydrogen-bond acceptors (Lipinski definition) is 6. The van der Waals surface area contributed by atoms with Crippen molar-refractivity contribution >= 4 is 23.7 Å². The van der Waals surface area contributed by atoms with Gasteiger partial charge in [-0.25, -0.2) is 9.59 Å². The zero-order valence-electron chi connectivity index (χ0n) is 16.6. The fourth-order valence-electron chi connectivity index (χ4n) is 2.56. The molecule has 0 aliphatic heterocycles. The Morgan fingerprint density at radius 2 is 1.44 bits per heavy atom. The first-order valence-corrected chi connectivity index (χ1v) is 9.98. The average molecular weight is 385 g/mol. The number of Topliss-reactive ketones (excluding diaryl/α,β-unsaturated/α-hetero) is 1. The molecule has 0 aliphatic rings. The summed E-state index contributed by atoms with van der Waals surface area (Å²) in [6.07, 6.45) is 10.8. The lowest BCUT2D eigenvalue weighted by atomic mass is 10.1. The summed E-state index contributed by atoms with van der Waals surface area (Å²) in [6, 6.07) is -0.983. The van der Waals surface area contributed by atoms with E-state index in [1.165, 1.54) is 32.1 Å². The van der Waals surface area contributed by atoms with Gasteiger partial charge in [0, 0.05) is 13.0 Å². The summed E-state index contributed by atoms with van der Waals surface area (Å²) in [4.78, 5) is 38.8. The van der Waals surface area contributed by atoms with Gasteiger partial charge in [-0.3, -0.25) is 9.79 Å². The molecule has 0 aromatic carbocycles. The largest absolute Gasteiger partial charge is 0.386 e. The molecule has 8 nitrogen and oxygen atoms in total. The summed E-state index contributed by atoms with van der Waals surface area (Å²) in [7, 11) is 0. The number of esters is 2. The van der Waals surface area contributed by atoms with Gasteiger partial charge < -0.3 is 21.9 Å². The lowest BCUT2D eigenvalue weighted by Gasteiger charge is -2.09. The minimum absolute atomic E-state index is 0.0385. The van der Waals surface area contributed by atoms with E-state index in [1.807, 2.05) is 0 Å². The van der Waals surface area contributed by atoms with Crippen LogP contribution in [0.4, 0.5) is 0 Å². The molecule has 1 atom stereocenters. The van der Waals surface area contributed by atoms with Crippen LogP contribution in [0.5, 0.6) is 0 Å². The van der Waals surface area contributed by atoms with E-state index in [1.54, 1.807) is 0 Å². The summed E-state index contributed by atoms with van der Waals surface area (Å²) in [6.45, 7) is 2.52. The Balaban J connectivity index is 3.79. The van der Waals surface area contributed by atoms with E-state index in [4.69, 9.17) is 17.2 Å². The lowest BCUT2D eigenvalue weighted by molar-refractivity contribution is -0.165. The van der Waals surface area contributed by atoms with Crippen LogP contribution in [0.15, 0.2) is 4.99 Å². The second-order valence-electron chi connectivity index (χ2n) is 6.77. The Kier molecular flexibility index (Phi) is 15.1. The molecule has 0 saturated carbocycles. The molecule has 0 radical (unpaired) electrons. The third-order valence-electron chi connectivity index (χ3n) is 4.20. The maximum absolute atomic E-state index is 11.7. The van der Waals surface area contributed by atoms with Crippen molar-refractivity contribution in [1.29, 1.82) is 0 Å². The standard InChI is InChI=1S/C19H36N4O4/c1-2-3-4-5-6-7-8-9-10-13-16(24)18(26)27-17(25)15(20)12-11-14-23-19(21)22/h15H,2-14,20H2,1H3,(H4,21,22,23)/t15-/m0/s1. The second kappa shape index (κ2) is 16.2. The Morgan fingerprint density at radius 1 is 0.889 bits per heavy atom. The van der Waals surface area contributed by atoms with E-state index >= 15 is 0 Å². The number of carbonyl (C=O) groups is 3.